The summed E-state index contributed by atoms with van der Waals surface area (Å²) in [5, 5.41) is 8.78. The van der Waals surface area contributed by atoms with Gasteiger partial charge in [0.25, 0.3) is 0 Å². The van der Waals surface area contributed by atoms with Gasteiger partial charge in [-0.15, -0.1) is 0 Å². The molecule has 1 saturated heterocycles. The van der Waals surface area contributed by atoms with Crippen LogP contribution in [-0.2, 0) is 4.74 Å². The Hall–Kier alpha value is 0.0499. The molecule has 1 heterocycles. The Morgan fingerprint density at radius 1 is 1.73 bits per heavy atom. The summed E-state index contributed by atoms with van der Waals surface area (Å²) in [5.74, 6) is 0.517. The average Bonchev–Trinajstić information content (AvgIpc) is 2.04. The summed E-state index contributed by atoms with van der Waals surface area (Å²) >= 11 is 0. The van der Waals surface area contributed by atoms with Gasteiger partial charge >= 0.3 is 0 Å². The van der Waals surface area contributed by atoms with Crippen LogP contribution >= 0.6 is 0 Å². The van der Waals surface area contributed by atoms with Crippen LogP contribution in [0.15, 0.2) is 0 Å². The lowest BCUT2D eigenvalue weighted by atomic mass is 9.54. The lowest BCUT2D eigenvalue weighted by Crippen LogP contribution is -2.31. The Labute approximate surface area is 70.0 Å². The van der Waals surface area contributed by atoms with Crippen molar-refractivity contribution in [2.75, 3.05) is 13.2 Å². The predicted octanol–water partition coefficient (Wildman–Crippen LogP) is 0.265. The number of rotatable bonds is 2. The highest BCUT2D eigenvalue weighted by Crippen LogP contribution is 2.31. The second-order valence-electron chi connectivity index (χ2n) is 3.03. The number of aliphatic hydroxyl groups is 1. The normalized spacial score (nSPS) is 38.5. The van der Waals surface area contributed by atoms with Crippen LogP contribution in [0, 0.1) is 0 Å². The molecule has 2 unspecified atom stereocenters. The van der Waals surface area contributed by atoms with E-state index in [1.54, 1.807) is 0 Å². The molecular weight excluding hydrogens is 138 g/mol. The molecule has 0 aromatic heterocycles. The highest BCUT2D eigenvalue weighted by molar-refractivity contribution is 6.38. The van der Waals surface area contributed by atoms with Crippen LogP contribution in [0.2, 0.25) is 18.5 Å². The lowest BCUT2D eigenvalue weighted by molar-refractivity contribution is -0.0165. The van der Waals surface area contributed by atoms with E-state index in [1.165, 1.54) is 0 Å². The summed E-state index contributed by atoms with van der Waals surface area (Å²) in [6.07, 6.45) is 0.729. The Bertz CT molecular complexity index is 121. The van der Waals surface area contributed by atoms with Crippen molar-refractivity contribution in [3.63, 3.8) is 0 Å². The predicted molar refractivity (Wildman–Crippen MR) is 46.3 cm³/mol. The molecule has 0 aromatic rings. The van der Waals surface area contributed by atoms with Gasteiger partial charge in [-0.1, -0.05) is 18.5 Å². The quantitative estimate of drug-likeness (QED) is 0.573. The van der Waals surface area contributed by atoms with Crippen molar-refractivity contribution in [2.45, 2.75) is 31.0 Å². The van der Waals surface area contributed by atoms with E-state index in [9.17, 15) is 0 Å². The third kappa shape index (κ3) is 2.24. The van der Waals surface area contributed by atoms with Crippen LogP contribution in [0.5, 0.6) is 0 Å². The minimum Gasteiger partial charge on any atom is -0.394 e. The first-order valence-corrected chi connectivity index (χ1v) is 4.05. The molecule has 1 N–H and O–H groups in total. The maximum atomic E-state index is 8.78. The lowest BCUT2D eigenvalue weighted by Gasteiger charge is -2.33. The minimum absolute atomic E-state index is 0.0406. The van der Waals surface area contributed by atoms with Crippen LogP contribution in [0.25, 0.3) is 0 Å². The van der Waals surface area contributed by atoms with Crippen LogP contribution < -0.4 is 0 Å². The third-order valence-corrected chi connectivity index (χ3v) is 2.24. The zero-order chi connectivity index (χ0) is 8.27. The van der Waals surface area contributed by atoms with E-state index in [1.807, 2.05) is 6.82 Å². The molecule has 0 saturated carbocycles. The zero-order valence-corrected chi connectivity index (χ0v) is 6.86. The smallest absolute Gasteiger partial charge is 0.112 e. The molecule has 11 heavy (non-hydrogen) atoms. The molecule has 1 rings (SSSR count). The molecule has 1 aliphatic heterocycles. The van der Waals surface area contributed by atoms with E-state index in [0.29, 0.717) is 12.4 Å². The fourth-order valence-corrected chi connectivity index (χ4v) is 1.39. The summed E-state index contributed by atoms with van der Waals surface area (Å²) < 4.78 is 5.34. The molecule has 1 aliphatic rings. The van der Waals surface area contributed by atoms with E-state index in [2.05, 4.69) is 7.28 Å². The van der Waals surface area contributed by atoms with Gasteiger partial charge in [0.05, 0.1) is 20.6 Å². The SMILES string of the molecule is [B][C@@H]1CC(CO)OCC1[B]C. The first-order chi connectivity index (χ1) is 5.27. The van der Waals surface area contributed by atoms with Crippen LogP contribution in [-0.4, -0.2) is 39.6 Å². The van der Waals surface area contributed by atoms with Gasteiger partial charge in [0, 0.05) is 6.61 Å². The molecule has 0 aliphatic carbocycles. The molecular formula is C7H13B2O2. The fraction of sp³-hybridized carbons (Fsp3) is 1.00. The Morgan fingerprint density at radius 2 is 2.45 bits per heavy atom. The Balaban J connectivity index is 2.34. The summed E-state index contributed by atoms with van der Waals surface area (Å²) in [6, 6.07) is 0. The van der Waals surface area contributed by atoms with E-state index in [0.717, 1.165) is 6.42 Å². The maximum Gasteiger partial charge on any atom is 0.112 e. The van der Waals surface area contributed by atoms with Gasteiger partial charge in [0.1, 0.15) is 7.28 Å². The maximum absolute atomic E-state index is 8.78. The molecule has 59 valence electrons. The standard InChI is InChI=1S/C7H13B2O2/c1-9-7-4-11-5(3-10)2-6(7)8/h5-7,10H,2-4H2,1H3/t5?,6-,7?/m1/s1. The molecule has 0 amide bonds. The highest BCUT2D eigenvalue weighted by Gasteiger charge is 2.25. The molecule has 3 atom stereocenters. The van der Waals surface area contributed by atoms with Crippen LogP contribution in [0.4, 0.5) is 0 Å². The summed E-state index contributed by atoms with van der Waals surface area (Å²) in [4.78, 5) is 0. The van der Waals surface area contributed by atoms with E-state index in [4.69, 9.17) is 17.7 Å². The van der Waals surface area contributed by atoms with E-state index >= 15 is 0 Å². The first kappa shape index (κ1) is 9.14. The van der Waals surface area contributed by atoms with Crippen molar-refractivity contribution in [1.82, 2.24) is 0 Å². The fourth-order valence-electron chi connectivity index (χ4n) is 1.39. The van der Waals surface area contributed by atoms with E-state index in [-0.39, 0.29) is 18.5 Å². The van der Waals surface area contributed by atoms with E-state index < -0.39 is 0 Å². The number of hydrogen-bond acceptors (Lipinski definition) is 2. The van der Waals surface area contributed by atoms with Crippen LogP contribution in [0.1, 0.15) is 6.42 Å². The molecule has 0 spiro atoms. The summed E-state index contributed by atoms with van der Waals surface area (Å²) in [7, 11) is 7.90. The molecule has 0 aromatic carbocycles. The first-order valence-electron chi connectivity index (χ1n) is 4.05. The molecule has 3 radical (unpaired) electrons. The molecule has 0 bridgehead atoms. The molecule has 1 fully saturated rings. The van der Waals surface area contributed by atoms with Gasteiger partial charge in [0.2, 0.25) is 0 Å². The van der Waals surface area contributed by atoms with Crippen molar-refractivity contribution in [3.8, 4) is 0 Å². The second kappa shape index (κ2) is 4.17. The van der Waals surface area contributed by atoms with Gasteiger partial charge in [-0.2, -0.15) is 0 Å². The van der Waals surface area contributed by atoms with Gasteiger partial charge in [-0.3, -0.25) is 0 Å². The summed E-state index contributed by atoms with van der Waals surface area (Å²) in [6.45, 7) is 2.74. The average molecular weight is 151 g/mol. The largest absolute Gasteiger partial charge is 0.394 e. The van der Waals surface area contributed by atoms with Crippen molar-refractivity contribution in [3.05, 3.63) is 0 Å². The number of aliphatic hydroxyl groups excluding tert-OH is 1. The van der Waals surface area contributed by atoms with Crippen molar-refractivity contribution in [1.29, 1.82) is 0 Å². The topological polar surface area (TPSA) is 29.5 Å². The third-order valence-electron chi connectivity index (χ3n) is 2.24. The van der Waals surface area contributed by atoms with Gasteiger partial charge in [0.15, 0.2) is 0 Å². The van der Waals surface area contributed by atoms with Crippen molar-refractivity contribution < 1.29 is 9.84 Å². The minimum atomic E-state index is -0.0406. The van der Waals surface area contributed by atoms with Gasteiger partial charge < -0.3 is 9.84 Å². The highest BCUT2D eigenvalue weighted by atomic mass is 16.5. The monoisotopic (exact) mass is 151 g/mol. The number of ether oxygens (including phenoxy) is 1. The number of hydrogen-bond donors (Lipinski definition) is 1. The zero-order valence-electron chi connectivity index (χ0n) is 6.86. The summed E-state index contributed by atoms with van der Waals surface area (Å²) in [5.41, 5.74) is 0. The molecule has 2 nitrogen and oxygen atoms in total. The van der Waals surface area contributed by atoms with Gasteiger partial charge in [-0.05, 0) is 6.42 Å². The Morgan fingerprint density at radius 3 is 2.91 bits per heavy atom. The Kier molecular flexibility index (Phi) is 3.46. The second-order valence-corrected chi connectivity index (χ2v) is 3.03. The van der Waals surface area contributed by atoms with Crippen molar-refractivity contribution in [2.24, 2.45) is 0 Å². The van der Waals surface area contributed by atoms with Gasteiger partial charge in [-0.25, -0.2) is 0 Å². The van der Waals surface area contributed by atoms with Crippen LogP contribution in [0.3, 0.4) is 0 Å². The van der Waals surface area contributed by atoms with Crippen molar-refractivity contribution >= 4 is 15.1 Å². The molecule has 4 heteroatoms.